The normalized spacial score (nSPS) is 25.7. The Morgan fingerprint density at radius 2 is 2.00 bits per heavy atom. The fraction of sp³-hybridized carbons (Fsp3) is 0.552. The van der Waals surface area contributed by atoms with Crippen molar-refractivity contribution in [2.75, 3.05) is 44.9 Å². The lowest BCUT2D eigenvalue weighted by molar-refractivity contribution is -0.138. The molecule has 2 N–H and O–H groups in total. The zero-order valence-corrected chi connectivity index (χ0v) is 22.5. The van der Waals surface area contributed by atoms with Crippen LogP contribution in [0, 0.1) is 5.92 Å². The summed E-state index contributed by atoms with van der Waals surface area (Å²) >= 11 is 0. The first-order valence-electron chi connectivity index (χ1n) is 13.8. The lowest BCUT2D eigenvalue weighted by atomic mass is 9.74. The van der Waals surface area contributed by atoms with Crippen molar-refractivity contribution in [3.63, 3.8) is 0 Å². The SMILES string of the molecule is C[C@H]1CCCN(Cc2cc3c(c(C(F)(F)F)c2)CN(c2cccc(C4(CC5NNCN5C)COC4)c2)C3=O)C1. The van der Waals surface area contributed by atoms with Crippen LogP contribution in [-0.2, 0) is 29.4 Å². The molecule has 2 aromatic carbocycles. The van der Waals surface area contributed by atoms with Crippen molar-refractivity contribution < 1.29 is 22.7 Å². The van der Waals surface area contributed by atoms with Crippen LogP contribution < -0.4 is 15.8 Å². The maximum Gasteiger partial charge on any atom is 0.416 e. The summed E-state index contributed by atoms with van der Waals surface area (Å²) in [5.74, 6) is 0.145. The first-order chi connectivity index (χ1) is 18.6. The number of ether oxygens (including phenoxy) is 1. The van der Waals surface area contributed by atoms with E-state index in [2.05, 4.69) is 27.6 Å². The van der Waals surface area contributed by atoms with E-state index < -0.39 is 11.7 Å². The third kappa shape index (κ3) is 5.09. The van der Waals surface area contributed by atoms with Crippen LogP contribution in [0.3, 0.4) is 0 Å². The number of carbonyl (C=O) groups excluding carboxylic acids is 1. The van der Waals surface area contributed by atoms with E-state index in [1.165, 1.54) is 11.0 Å². The lowest BCUT2D eigenvalue weighted by Gasteiger charge is -2.44. The molecular formula is C29H36F3N5O2. The number of anilines is 1. The van der Waals surface area contributed by atoms with Crippen LogP contribution in [0.4, 0.5) is 18.9 Å². The Morgan fingerprint density at radius 3 is 2.67 bits per heavy atom. The standard InChI is InChI=1S/C29H36F3N5O2/c1-19-5-4-8-36(13-19)14-20-9-23-24(25(10-20)29(30,31)32)15-37(27(23)38)22-7-3-6-21(11-22)28(16-39-17-28)12-26-34-33-18-35(26)2/h3,6-7,9-11,19,26,33-34H,4-5,8,12-18H2,1-2H3/t19-,26?/m0/s1. The summed E-state index contributed by atoms with van der Waals surface area (Å²) in [4.78, 5) is 19.5. The number of nitrogens with one attached hydrogen (secondary N) is 2. The van der Waals surface area contributed by atoms with Crippen molar-refractivity contribution in [3.8, 4) is 0 Å². The smallest absolute Gasteiger partial charge is 0.379 e. The molecule has 6 rings (SSSR count). The molecule has 0 bridgehead atoms. The average Bonchev–Trinajstić information content (AvgIpc) is 3.43. The van der Waals surface area contributed by atoms with Gasteiger partial charge in [-0.3, -0.25) is 14.6 Å². The Labute approximate surface area is 227 Å². The van der Waals surface area contributed by atoms with Crippen LogP contribution in [0.2, 0.25) is 0 Å². The van der Waals surface area contributed by atoms with Crippen molar-refractivity contribution in [2.24, 2.45) is 5.92 Å². The molecule has 2 atom stereocenters. The van der Waals surface area contributed by atoms with Gasteiger partial charge in [0.25, 0.3) is 5.91 Å². The largest absolute Gasteiger partial charge is 0.416 e. The molecule has 0 aliphatic carbocycles. The lowest BCUT2D eigenvalue weighted by Crippen LogP contribution is -2.52. The van der Waals surface area contributed by atoms with Gasteiger partial charge in [-0.25, -0.2) is 10.9 Å². The molecule has 10 heteroatoms. The third-order valence-electron chi connectivity index (χ3n) is 8.79. The van der Waals surface area contributed by atoms with E-state index in [1.54, 1.807) is 6.07 Å². The van der Waals surface area contributed by atoms with Crippen LogP contribution in [-0.4, -0.2) is 61.9 Å². The van der Waals surface area contributed by atoms with Gasteiger partial charge < -0.3 is 9.64 Å². The topological polar surface area (TPSA) is 60.1 Å². The van der Waals surface area contributed by atoms with Crippen molar-refractivity contribution in [2.45, 2.75) is 57.0 Å². The Balaban J connectivity index is 1.29. The number of fused-ring (bicyclic) bond motifs is 1. The zero-order valence-electron chi connectivity index (χ0n) is 22.5. The summed E-state index contributed by atoms with van der Waals surface area (Å²) in [5, 5.41) is 0. The molecule has 4 aliphatic rings. The fourth-order valence-corrected chi connectivity index (χ4v) is 6.55. The monoisotopic (exact) mass is 543 g/mol. The van der Waals surface area contributed by atoms with Crippen LogP contribution in [0.25, 0.3) is 0 Å². The zero-order chi connectivity index (χ0) is 27.4. The summed E-state index contributed by atoms with van der Waals surface area (Å²) in [6, 6.07) is 10.6. The van der Waals surface area contributed by atoms with E-state index in [9.17, 15) is 18.0 Å². The minimum atomic E-state index is -4.53. The average molecular weight is 544 g/mol. The van der Waals surface area contributed by atoms with Gasteiger partial charge in [0.05, 0.1) is 38.2 Å². The highest BCUT2D eigenvalue weighted by molar-refractivity contribution is 6.10. The molecule has 210 valence electrons. The maximum absolute atomic E-state index is 14.2. The molecule has 3 fully saturated rings. The molecule has 0 radical (unpaired) electrons. The van der Waals surface area contributed by atoms with Gasteiger partial charge >= 0.3 is 6.18 Å². The second kappa shape index (κ2) is 10.2. The number of nitrogens with zero attached hydrogens (tertiary/aromatic N) is 3. The van der Waals surface area contributed by atoms with E-state index in [4.69, 9.17) is 4.74 Å². The van der Waals surface area contributed by atoms with Gasteiger partial charge in [0, 0.05) is 29.8 Å². The highest BCUT2D eigenvalue weighted by Gasteiger charge is 2.45. The molecule has 0 spiro atoms. The van der Waals surface area contributed by atoms with Crippen molar-refractivity contribution >= 4 is 11.6 Å². The Kier molecular flexibility index (Phi) is 6.96. The summed E-state index contributed by atoms with van der Waals surface area (Å²) in [7, 11) is 2.04. The van der Waals surface area contributed by atoms with Gasteiger partial charge in [-0.15, -0.1) is 0 Å². The summed E-state index contributed by atoms with van der Waals surface area (Å²) in [6.07, 6.45) is -1.41. The minimum Gasteiger partial charge on any atom is -0.379 e. The molecule has 4 aliphatic heterocycles. The summed E-state index contributed by atoms with van der Waals surface area (Å²) in [6.45, 7) is 6.09. The number of alkyl halides is 3. The molecule has 0 saturated carbocycles. The number of hydrazine groups is 1. The van der Waals surface area contributed by atoms with E-state index in [0.29, 0.717) is 36.9 Å². The van der Waals surface area contributed by atoms with Crippen molar-refractivity contribution in [1.29, 1.82) is 0 Å². The van der Waals surface area contributed by atoms with E-state index in [-0.39, 0.29) is 35.2 Å². The molecule has 0 aromatic heterocycles. The maximum atomic E-state index is 14.2. The Bertz CT molecular complexity index is 1250. The van der Waals surface area contributed by atoms with Crippen LogP contribution >= 0.6 is 0 Å². The summed E-state index contributed by atoms with van der Waals surface area (Å²) in [5.41, 5.74) is 7.96. The number of amides is 1. The molecule has 3 saturated heterocycles. The number of likely N-dealkylation sites (tertiary alicyclic amines) is 1. The number of carbonyl (C=O) groups is 1. The van der Waals surface area contributed by atoms with Gasteiger partial charge in [0.15, 0.2) is 0 Å². The summed E-state index contributed by atoms with van der Waals surface area (Å²) < 4.78 is 48.4. The highest BCUT2D eigenvalue weighted by Crippen LogP contribution is 2.42. The van der Waals surface area contributed by atoms with E-state index in [0.717, 1.165) is 44.6 Å². The molecule has 4 heterocycles. The third-order valence-corrected chi connectivity index (χ3v) is 8.79. The molecule has 2 aromatic rings. The van der Waals surface area contributed by atoms with Crippen LogP contribution in [0.15, 0.2) is 36.4 Å². The molecule has 39 heavy (non-hydrogen) atoms. The second-order valence-electron chi connectivity index (χ2n) is 11.8. The van der Waals surface area contributed by atoms with Crippen molar-refractivity contribution in [1.82, 2.24) is 20.7 Å². The van der Waals surface area contributed by atoms with Gasteiger partial charge in [0.1, 0.15) is 0 Å². The molecule has 1 amide bonds. The number of benzene rings is 2. The molecule has 1 unspecified atom stereocenters. The second-order valence-corrected chi connectivity index (χ2v) is 11.8. The molecule has 7 nitrogen and oxygen atoms in total. The fourth-order valence-electron chi connectivity index (χ4n) is 6.55. The first-order valence-corrected chi connectivity index (χ1v) is 13.8. The minimum absolute atomic E-state index is 0.0678. The Morgan fingerprint density at radius 1 is 1.18 bits per heavy atom. The van der Waals surface area contributed by atoms with E-state index in [1.807, 2.05) is 31.3 Å². The number of hydrogen-bond acceptors (Lipinski definition) is 6. The van der Waals surface area contributed by atoms with Crippen LogP contribution in [0.1, 0.15) is 58.8 Å². The number of hydrogen-bond donors (Lipinski definition) is 2. The van der Waals surface area contributed by atoms with E-state index >= 15 is 0 Å². The van der Waals surface area contributed by atoms with Gasteiger partial charge in [-0.05, 0) is 79.7 Å². The highest BCUT2D eigenvalue weighted by atomic mass is 19.4. The quantitative estimate of drug-likeness (QED) is 0.573. The van der Waals surface area contributed by atoms with Crippen LogP contribution in [0.5, 0.6) is 0 Å². The van der Waals surface area contributed by atoms with Gasteiger partial charge in [0.2, 0.25) is 0 Å². The first kappa shape index (κ1) is 26.7. The number of piperidine rings is 1. The number of halogens is 3. The predicted molar refractivity (Wildman–Crippen MR) is 142 cm³/mol. The van der Waals surface area contributed by atoms with Gasteiger partial charge in [-0.1, -0.05) is 19.1 Å². The Hall–Kier alpha value is -2.50. The van der Waals surface area contributed by atoms with Gasteiger partial charge in [-0.2, -0.15) is 13.2 Å². The predicted octanol–water partition coefficient (Wildman–Crippen LogP) is 4.08. The number of rotatable bonds is 6. The van der Waals surface area contributed by atoms with Crippen molar-refractivity contribution in [3.05, 3.63) is 64.2 Å². The molecular weight excluding hydrogens is 507 g/mol.